The van der Waals surface area contributed by atoms with Crippen molar-refractivity contribution in [3.05, 3.63) is 89.5 Å². The van der Waals surface area contributed by atoms with Crippen LogP contribution in [0.15, 0.2) is 72.8 Å². The summed E-state index contributed by atoms with van der Waals surface area (Å²) < 4.78 is 44.5. The summed E-state index contributed by atoms with van der Waals surface area (Å²) in [6.45, 7) is 4.17. The van der Waals surface area contributed by atoms with Gasteiger partial charge in [0.2, 0.25) is 0 Å². The van der Waals surface area contributed by atoms with Gasteiger partial charge in [-0.05, 0) is 74.0 Å². The van der Waals surface area contributed by atoms with Gasteiger partial charge in [0.25, 0.3) is 5.91 Å². The summed E-state index contributed by atoms with van der Waals surface area (Å²) in [7, 11) is 0. The standard InChI is InChI=1S/C26H22F3N3O2/c1-3-34-23-10-5-4-9-20(23)25(33)31-19-11-12-22-21(15-19)16(2)13-24(32-22)30-18-8-6-7-17(14-18)26(27,28)29/h4-15H,3H2,1-2H3,(H,30,32)(H,31,33). The third kappa shape index (κ3) is 5.11. The van der Waals surface area contributed by atoms with Crippen LogP contribution in [-0.4, -0.2) is 17.5 Å². The summed E-state index contributed by atoms with van der Waals surface area (Å²) in [4.78, 5) is 17.3. The van der Waals surface area contributed by atoms with E-state index in [9.17, 15) is 18.0 Å². The molecule has 0 saturated carbocycles. The van der Waals surface area contributed by atoms with Crippen molar-refractivity contribution in [1.29, 1.82) is 0 Å². The lowest BCUT2D eigenvalue weighted by molar-refractivity contribution is -0.137. The summed E-state index contributed by atoms with van der Waals surface area (Å²) in [5.41, 5.74) is 2.07. The first-order chi connectivity index (χ1) is 16.2. The van der Waals surface area contributed by atoms with Crippen molar-refractivity contribution >= 4 is 34.0 Å². The number of carbonyl (C=O) groups is 1. The second-order valence-electron chi connectivity index (χ2n) is 7.64. The molecule has 0 spiro atoms. The quantitative estimate of drug-likeness (QED) is 0.323. The number of aromatic nitrogens is 1. The molecule has 0 aliphatic heterocycles. The molecule has 0 radical (unpaired) electrons. The number of benzene rings is 3. The number of hydrogen-bond acceptors (Lipinski definition) is 4. The predicted molar refractivity (Wildman–Crippen MR) is 127 cm³/mol. The maximum Gasteiger partial charge on any atom is 0.416 e. The Morgan fingerprint density at radius 3 is 2.53 bits per heavy atom. The first-order valence-electron chi connectivity index (χ1n) is 10.6. The molecule has 0 aliphatic carbocycles. The molecule has 0 atom stereocenters. The fourth-order valence-electron chi connectivity index (χ4n) is 3.59. The van der Waals surface area contributed by atoms with E-state index in [2.05, 4.69) is 15.6 Å². The first kappa shape index (κ1) is 23.1. The lowest BCUT2D eigenvalue weighted by atomic mass is 10.1. The number of hydrogen-bond donors (Lipinski definition) is 2. The first-order valence-corrected chi connectivity index (χ1v) is 10.6. The van der Waals surface area contributed by atoms with Crippen molar-refractivity contribution < 1.29 is 22.7 Å². The number of fused-ring (bicyclic) bond motifs is 1. The zero-order chi connectivity index (χ0) is 24.3. The zero-order valence-corrected chi connectivity index (χ0v) is 18.5. The van der Waals surface area contributed by atoms with Crippen LogP contribution < -0.4 is 15.4 Å². The van der Waals surface area contributed by atoms with Crippen LogP contribution in [0.5, 0.6) is 5.75 Å². The average Bonchev–Trinajstić information content (AvgIpc) is 2.80. The number of nitrogens with one attached hydrogen (secondary N) is 2. The van der Waals surface area contributed by atoms with Gasteiger partial charge in [0.15, 0.2) is 0 Å². The molecule has 8 heteroatoms. The molecular weight excluding hydrogens is 443 g/mol. The van der Waals surface area contributed by atoms with Crippen molar-refractivity contribution in [1.82, 2.24) is 4.98 Å². The van der Waals surface area contributed by atoms with E-state index in [1.165, 1.54) is 6.07 Å². The van der Waals surface area contributed by atoms with Crippen LogP contribution in [-0.2, 0) is 6.18 Å². The lowest BCUT2D eigenvalue weighted by Crippen LogP contribution is -2.13. The second kappa shape index (κ2) is 9.43. The van der Waals surface area contributed by atoms with Gasteiger partial charge in [-0.3, -0.25) is 4.79 Å². The van der Waals surface area contributed by atoms with Crippen molar-refractivity contribution in [2.75, 3.05) is 17.2 Å². The van der Waals surface area contributed by atoms with Gasteiger partial charge in [0.1, 0.15) is 11.6 Å². The Morgan fingerprint density at radius 2 is 1.76 bits per heavy atom. The number of nitrogens with zero attached hydrogens (tertiary/aromatic N) is 1. The molecule has 4 rings (SSSR count). The molecule has 0 fully saturated rings. The molecule has 1 amide bonds. The van der Waals surface area contributed by atoms with Crippen LogP contribution in [0.25, 0.3) is 10.9 Å². The van der Waals surface area contributed by atoms with E-state index in [-0.39, 0.29) is 11.6 Å². The predicted octanol–water partition coefficient (Wildman–Crippen LogP) is 6.96. The molecule has 34 heavy (non-hydrogen) atoms. The second-order valence-corrected chi connectivity index (χ2v) is 7.64. The van der Waals surface area contributed by atoms with E-state index < -0.39 is 11.7 Å². The highest BCUT2D eigenvalue weighted by molar-refractivity contribution is 6.07. The molecular formula is C26H22F3N3O2. The number of para-hydroxylation sites is 1. The summed E-state index contributed by atoms with van der Waals surface area (Å²) in [6.07, 6.45) is -4.42. The van der Waals surface area contributed by atoms with Crippen LogP contribution >= 0.6 is 0 Å². The van der Waals surface area contributed by atoms with Crippen LogP contribution in [0.4, 0.5) is 30.4 Å². The van der Waals surface area contributed by atoms with E-state index in [0.29, 0.717) is 34.9 Å². The number of alkyl halides is 3. The Balaban J connectivity index is 1.57. The number of rotatable bonds is 6. The number of halogens is 3. The molecule has 174 valence electrons. The van der Waals surface area contributed by atoms with Crippen molar-refractivity contribution in [3.63, 3.8) is 0 Å². The maximum absolute atomic E-state index is 13.0. The third-order valence-electron chi connectivity index (χ3n) is 5.17. The van der Waals surface area contributed by atoms with Gasteiger partial charge in [-0.15, -0.1) is 0 Å². The number of pyridine rings is 1. The van der Waals surface area contributed by atoms with E-state index in [1.807, 2.05) is 19.9 Å². The molecule has 1 aromatic heterocycles. The Kier molecular flexibility index (Phi) is 6.40. The van der Waals surface area contributed by atoms with Gasteiger partial charge in [-0.25, -0.2) is 4.98 Å². The van der Waals surface area contributed by atoms with Crippen molar-refractivity contribution in [2.24, 2.45) is 0 Å². The number of anilines is 3. The Labute approximate surface area is 194 Å². The van der Waals surface area contributed by atoms with Crippen LogP contribution in [0.1, 0.15) is 28.4 Å². The lowest BCUT2D eigenvalue weighted by Gasteiger charge is -2.13. The molecule has 5 nitrogen and oxygen atoms in total. The Bertz CT molecular complexity index is 1350. The summed E-state index contributed by atoms with van der Waals surface area (Å²) >= 11 is 0. The van der Waals surface area contributed by atoms with Crippen LogP contribution in [0, 0.1) is 6.92 Å². The van der Waals surface area contributed by atoms with Gasteiger partial charge in [0, 0.05) is 16.8 Å². The highest BCUT2D eigenvalue weighted by Crippen LogP contribution is 2.32. The molecule has 0 unspecified atom stereocenters. The monoisotopic (exact) mass is 465 g/mol. The average molecular weight is 465 g/mol. The largest absolute Gasteiger partial charge is 0.493 e. The minimum absolute atomic E-state index is 0.290. The van der Waals surface area contributed by atoms with Gasteiger partial charge in [-0.1, -0.05) is 18.2 Å². The van der Waals surface area contributed by atoms with Gasteiger partial charge < -0.3 is 15.4 Å². The maximum atomic E-state index is 13.0. The summed E-state index contributed by atoms with van der Waals surface area (Å²) in [5, 5.41) is 6.63. The fourth-order valence-corrected chi connectivity index (χ4v) is 3.59. The van der Waals surface area contributed by atoms with E-state index in [4.69, 9.17) is 4.74 Å². The van der Waals surface area contributed by atoms with Crippen molar-refractivity contribution in [3.8, 4) is 5.75 Å². The summed E-state index contributed by atoms with van der Waals surface area (Å²) in [6, 6.07) is 19.0. The van der Waals surface area contributed by atoms with E-state index in [1.54, 1.807) is 48.5 Å². The third-order valence-corrected chi connectivity index (χ3v) is 5.17. The minimum Gasteiger partial charge on any atom is -0.493 e. The normalized spacial score (nSPS) is 11.3. The minimum atomic E-state index is -4.42. The Hall–Kier alpha value is -4.07. The molecule has 4 aromatic rings. The van der Waals surface area contributed by atoms with Gasteiger partial charge in [0.05, 0.1) is 23.3 Å². The zero-order valence-electron chi connectivity index (χ0n) is 18.5. The smallest absolute Gasteiger partial charge is 0.416 e. The molecule has 0 aliphatic rings. The summed E-state index contributed by atoms with van der Waals surface area (Å²) in [5.74, 6) is 0.634. The molecule has 0 saturated heterocycles. The molecule has 1 heterocycles. The molecule has 2 N–H and O–H groups in total. The van der Waals surface area contributed by atoms with Crippen molar-refractivity contribution in [2.45, 2.75) is 20.0 Å². The highest BCUT2D eigenvalue weighted by Gasteiger charge is 2.30. The number of amides is 1. The van der Waals surface area contributed by atoms with Gasteiger partial charge >= 0.3 is 6.18 Å². The van der Waals surface area contributed by atoms with Gasteiger partial charge in [-0.2, -0.15) is 13.2 Å². The topological polar surface area (TPSA) is 63.2 Å². The van der Waals surface area contributed by atoms with E-state index in [0.717, 1.165) is 23.1 Å². The van der Waals surface area contributed by atoms with E-state index >= 15 is 0 Å². The number of carbonyl (C=O) groups excluding carboxylic acids is 1. The molecule has 3 aromatic carbocycles. The van der Waals surface area contributed by atoms with Crippen LogP contribution in [0.3, 0.4) is 0 Å². The molecule has 0 bridgehead atoms. The highest BCUT2D eigenvalue weighted by atomic mass is 19.4. The SMILES string of the molecule is CCOc1ccccc1C(=O)Nc1ccc2nc(Nc3cccc(C(F)(F)F)c3)cc(C)c2c1. The Morgan fingerprint density at radius 1 is 0.971 bits per heavy atom. The van der Waals surface area contributed by atoms with Crippen LogP contribution in [0.2, 0.25) is 0 Å². The number of ether oxygens (including phenoxy) is 1. The fraction of sp³-hybridized carbons (Fsp3) is 0.154. The number of aryl methyl sites for hydroxylation is 1.